The summed E-state index contributed by atoms with van der Waals surface area (Å²) in [6.45, 7) is 0. The van der Waals surface area contributed by atoms with Crippen molar-refractivity contribution in [2.45, 2.75) is 0 Å². The molecule has 6 aromatic carbocycles. The highest BCUT2D eigenvalue weighted by atomic mass is 31.2. The molecule has 0 aliphatic heterocycles. The standard InChI is InChI=1S/C40H27N2OP/c43-44(31-16-6-2-7-17-31,32-18-8-3-9-19-32)33-24-22-29(23-25-33)37-38-34-20-11-10-15-30(34)27-42-40(38)36(28-13-4-1-5-14-28)35-21-12-26-41-39(35)37/h1-27H. The first kappa shape index (κ1) is 26.3. The fourth-order valence-electron chi connectivity index (χ4n) is 6.40. The van der Waals surface area contributed by atoms with Gasteiger partial charge in [0.15, 0.2) is 7.14 Å². The molecule has 0 aliphatic carbocycles. The van der Waals surface area contributed by atoms with Crippen molar-refractivity contribution in [3.8, 4) is 22.3 Å². The highest BCUT2D eigenvalue weighted by Crippen LogP contribution is 2.46. The Labute approximate surface area is 255 Å². The number of benzene rings is 6. The lowest BCUT2D eigenvalue weighted by Crippen LogP contribution is -2.24. The van der Waals surface area contributed by atoms with Gasteiger partial charge in [0.25, 0.3) is 0 Å². The Morgan fingerprint density at radius 3 is 1.66 bits per heavy atom. The first-order chi connectivity index (χ1) is 21.7. The summed E-state index contributed by atoms with van der Waals surface area (Å²) in [4.78, 5) is 10.1. The van der Waals surface area contributed by atoms with Gasteiger partial charge in [0.05, 0.1) is 11.0 Å². The maximum atomic E-state index is 15.0. The van der Waals surface area contributed by atoms with E-state index in [0.29, 0.717) is 0 Å². The zero-order chi connectivity index (χ0) is 29.5. The van der Waals surface area contributed by atoms with Gasteiger partial charge in [-0.15, -0.1) is 0 Å². The number of fused-ring (bicyclic) bond motifs is 4. The van der Waals surface area contributed by atoms with Crippen LogP contribution in [0.15, 0.2) is 164 Å². The highest BCUT2D eigenvalue weighted by molar-refractivity contribution is 7.85. The van der Waals surface area contributed by atoms with Gasteiger partial charge >= 0.3 is 0 Å². The molecule has 44 heavy (non-hydrogen) atoms. The zero-order valence-corrected chi connectivity index (χ0v) is 24.7. The second kappa shape index (κ2) is 10.7. The number of aromatic nitrogens is 2. The molecule has 2 heterocycles. The van der Waals surface area contributed by atoms with E-state index in [-0.39, 0.29) is 0 Å². The van der Waals surface area contributed by atoms with Crippen LogP contribution in [0.4, 0.5) is 0 Å². The number of hydrogen-bond donors (Lipinski definition) is 0. The maximum absolute atomic E-state index is 15.0. The van der Waals surface area contributed by atoms with Crippen LogP contribution in [0.5, 0.6) is 0 Å². The van der Waals surface area contributed by atoms with E-state index in [1.54, 1.807) is 0 Å². The monoisotopic (exact) mass is 582 g/mol. The summed E-state index contributed by atoms with van der Waals surface area (Å²) < 4.78 is 15.0. The Hall–Kier alpha value is -5.37. The van der Waals surface area contributed by atoms with E-state index in [4.69, 9.17) is 9.97 Å². The molecule has 208 valence electrons. The van der Waals surface area contributed by atoms with E-state index in [9.17, 15) is 0 Å². The first-order valence-electron chi connectivity index (χ1n) is 14.7. The van der Waals surface area contributed by atoms with Crippen molar-refractivity contribution < 1.29 is 4.57 Å². The van der Waals surface area contributed by atoms with Crippen LogP contribution in [0.25, 0.3) is 54.8 Å². The Kier molecular flexibility index (Phi) is 6.40. The molecule has 0 aliphatic rings. The minimum absolute atomic E-state index is 0.795. The summed E-state index contributed by atoms with van der Waals surface area (Å²) in [5.41, 5.74) is 6.07. The van der Waals surface area contributed by atoms with Gasteiger partial charge in [0.1, 0.15) is 0 Å². The molecular formula is C40H27N2OP. The molecule has 2 aromatic heterocycles. The normalized spacial score (nSPS) is 11.7. The number of nitrogens with zero attached hydrogens (tertiary/aromatic N) is 2. The van der Waals surface area contributed by atoms with E-state index < -0.39 is 7.14 Å². The lowest BCUT2D eigenvalue weighted by Gasteiger charge is -2.21. The molecule has 4 heteroatoms. The van der Waals surface area contributed by atoms with Crippen LogP contribution in [0.1, 0.15) is 0 Å². The molecule has 0 N–H and O–H groups in total. The van der Waals surface area contributed by atoms with Gasteiger partial charge in [0.2, 0.25) is 0 Å². The van der Waals surface area contributed by atoms with Gasteiger partial charge in [-0.3, -0.25) is 9.97 Å². The quantitative estimate of drug-likeness (QED) is 0.116. The fourth-order valence-corrected chi connectivity index (χ4v) is 9.04. The van der Waals surface area contributed by atoms with Crippen LogP contribution in [0.3, 0.4) is 0 Å². The number of pyridine rings is 2. The van der Waals surface area contributed by atoms with Gasteiger partial charge in [0, 0.05) is 55.6 Å². The summed E-state index contributed by atoms with van der Waals surface area (Å²) in [6.07, 6.45) is 3.83. The molecule has 8 rings (SSSR count). The minimum Gasteiger partial charge on any atom is -0.309 e. The average molecular weight is 583 g/mol. The third kappa shape index (κ3) is 4.17. The maximum Gasteiger partial charge on any atom is 0.171 e. The molecule has 8 aromatic rings. The third-order valence-electron chi connectivity index (χ3n) is 8.42. The molecule has 0 unspecified atom stereocenters. The van der Waals surface area contributed by atoms with Gasteiger partial charge in [-0.05, 0) is 22.6 Å². The Bertz CT molecular complexity index is 2290. The summed E-state index contributed by atoms with van der Waals surface area (Å²) in [5.74, 6) is 0. The topological polar surface area (TPSA) is 42.9 Å². The van der Waals surface area contributed by atoms with Crippen LogP contribution in [0, 0.1) is 0 Å². The van der Waals surface area contributed by atoms with E-state index in [2.05, 4.69) is 60.7 Å². The molecule has 3 nitrogen and oxygen atoms in total. The Morgan fingerprint density at radius 2 is 0.977 bits per heavy atom. The summed E-state index contributed by atoms with van der Waals surface area (Å²) >= 11 is 0. The second-order valence-corrected chi connectivity index (χ2v) is 13.7. The molecule has 0 atom stereocenters. The summed E-state index contributed by atoms with van der Waals surface area (Å²) in [7, 11) is -3.10. The van der Waals surface area contributed by atoms with Crippen LogP contribution in [-0.2, 0) is 4.57 Å². The molecular weight excluding hydrogens is 555 g/mol. The van der Waals surface area contributed by atoms with Crippen molar-refractivity contribution in [3.05, 3.63) is 164 Å². The van der Waals surface area contributed by atoms with Gasteiger partial charge in [-0.25, -0.2) is 0 Å². The lowest BCUT2D eigenvalue weighted by atomic mass is 9.88. The summed E-state index contributed by atoms with van der Waals surface area (Å²) in [5, 5.41) is 6.75. The van der Waals surface area contributed by atoms with Crippen LogP contribution >= 0.6 is 7.14 Å². The molecule has 0 amide bonds. The predicted octanol–water partition coefficient (Wildman–Crippen LogP) is 8.91. The van der Waals surface area contributed by atoms with Crippen LogP contribution < -0.4 is 15.9 Å². The van der Waals surface area contributed by atoms with Crippen molar-refractivity contribution in [2.75, 3.05) is 0 Å². The van der Waals surface area contributed by atoms with E-state index in [1.807, 2.05) is 103 Å². The largest absolute Gasteiger partial charge is 0.309 e. The predicted molar refractivity (Wildman–Crippen MR) is 185 cm³/mol. The average Bonchev–Trinajstić information content (AvgIpc) is 3.11. The van der Waals surface area contributed by atoms with Crippen molar-refractivity contribution in [1.82, 2.24) is 9.97 Å². The zero-order valence-electron chi connectivity index (χ0n) is 23.8. The van der Waals surface area contributed by atoms with E-state index >= 15 is 4.57 Å². The van der Waals surface area contributed by atoms with E-state index in [0.717, 1.165) is 70.7 Å². The first-order valence-corrected chi connectivity index (χ1v) is 16.4. The molecule has 0 fully saturated rings. The van der Waals surface area contributed by atoms with Gasteiger partial charge in [-0.1, -0.05) is 146 Å². The van der Waals surface area contributed by atoms with Crippen molar-refractivity contribution in [3.63, 3.8) is 0 Å². The van der Waals surface area contributed by atoms with Crippen LogP contribution in [0.2, 0.25) is 0 Å². The molecule has 0 radical (unpaired) electrons. The van der Waals surface area contributed by atoms with Crippen molar-refractivity contribution in [1.29, 1.82) is 0 Å². The third-order valence-corrected chi connectivity index (χ3v) is 11.5. The molecule has 0 spiro atoms. The molecule has 0 bridgehead atoms. The van der Waals surface area contributed by atoms with Crippen LogP contribution in [-0.4, -0.2) is 9.97 Å². The number of rotatable bonds is 5. The fraction of sp³-hybridized carbons (Fsp3) is 0. The smallest absolute Gasteiger partial charge is 0.171 e. The highest BCUT2D eigenvalue weighted by Gasteiger charge is 2.30. The second-order valence-electron chi connectivity index (χ2n) is 10.9. The van der Waals surface area contributed by atoms with E-state index in [1.165, 1.54) is 0 Å². The van der Waals surface area contributed by atoms with Crippen molar-refractivity contribution >= 4 is 55.6 Å². The lowest BCUT2D eigenvalue weighted by molar-refractivity contribution is 0.592. The SMILES string of the molecule is O=P(c1ccccc1)(c1ccccc1)c1ccc(-c2c3ncccc3c(-c3ccccc3)c3ncc4ccccc4c23)cc1. The molecule has 0 saturated heterocycles. The Balaban J connectivity index is 1.43. The van der Waals surface area contributed by atoms with Crippen molar-refractivity contribution in [2.24, 2.45) is 0 Å². The van der Waals surface area contributed by atoms with Gasteiger partial charge in [-0.2, -0.15) is 0 Å². The molecule has 0 saturated carbocycles. The summed E-state index contributed by atoms with van der Waals surface area (Å²) in [6, 6.07) is 50.8. The van der Waals surface area contributed by atoms with Gasteiger partial charge < -0.3 is 4.57 Å². The minimum atomic E-state index is -3.10. The number of hydrogen-bond acceptors (Lipinski definition) is 3. The Morgan fingerprint density at radius 1 is 0.432 bits per heavy atom.